The van der Waals surface area contributed by atoms with Crippen molar-refractivity contribution in [3.05, 3.63) is 59.4 Å². The predicted molar refractivity (Wildman–Crippen MR) is 76.2 cm³/mol. The maximum absolute atomic E-state index is 13.9. The molecule has 2 aromatic carbocycles. The van der Waals surface area contributed by atoms with Crippen LogP contribution in [0.1, 0.15) is 11.1 Å². The zero-order valence-corrected chi connectivity index (χ0v) is 11.4. The highest BCUT2D eigenvalue weighted by atomic mass is 19.1. The minimum absolute atomic E-state index is 0.323. The first-order chi connectivity index (χ1) is 9.63. The van der Waals surface area contributed by atoms with E-state index in [4.69, 9.17) is 10.00 Å². The van der Waals surface area contributed by atoms with E-state index >= 15 is 0 Å². The monoisotopic (exact) mass is 270 g/mol. The van der Waals surface area contributed by atoms with Crippen LogP contribution in [0.4, 0.5) is 10.1 Å². The third-order valence-corrected chi connectivity index (χ3v) is 3.07. The average Bonchev–Trinajstić information content (AvgIpc) is 2.47. The van der Waals surface area contributed by atoms with Crippen LogP contribution in [0.5, 0.6) is 5.75 Å². The van der Waals surface area contributed by atoms with Gasteiger partial charge in [-0.15, -0.1) is 0 Å². The fourth-order valence-electron chi connectivity index (χ4n) is 1.98. The van der Waals surface area contributed by atoms with Gasteiger partial charge in [0.25, 0.3) is 0 Å². The number of rotatable bonds is 4. The highest BCUT2D eigenvalue weighted by molar-refractivity contribution is 5.51. The number of hydrogen-bond donors (Lipinski definition) is 0. The largest absolute Gasteiger partial charge is 0.497 e. The number of benzene rings is 2. The molecule has 0 bridgehead atoms. The molecule has 2 rings (SSSR count). The number of nitrogens with zero attached hydrogens (tertiary/aromatic N) is 2. The molecule has 0 atom stereocenters. The predicted octanol–water partition coefficient (Wildman–Crippen LogP) is 3.34. The van der Waals surface area contributed by atoms with Gasteiger partial charge in [0, 0.05) is 13.6 Å². The summed E-state index contributed by atoms with van der Waals surface area (Å²) in [6, 6.07) is 14.0. The molecule has 102 valence electrons. The summed E-state index contributed by atoms with van der Waals surface area (Å²) in [7, 11) is 3.43. The van der Waals surface area contributed by atoms with E-state index in [1.54, 1.807) is 24.1 Å². The Morgan fingerprint density at radius 2 is 1.90 bits per heavy atom. The van der Waals surface area contributed by atoms with Crippen LogP contribution in [0.25, 0.3) is 0 Å². The van der Waals surface area contributed by atoms with Crippen molar-refractivity contribution in [2.24, 2.45) is 0 Å². The lowest BCUT2D eigenvalue weighted by Gasteiger charge is -2.20. The average molecular weight is 270 g/mol. The fourth-order valence-corrected chi connectivity index (χ4v) is 1.98. The van der Waals surface area contributed by atoms with Gasteiger partial charge in [0.15, 0.2) is 0 Å². The molecule has 0 radical (unpaired) electrons. The van der Waals surface area contributed by atoms with E-state index in [-0.39, 0.29) is 5.82 Å². The Morgan fingerprint density at radius 3 is 2.45 bits per heavy atom. The number of methoxy groups -OCH3 is 1. The first-order valence-electron chi connectivity index (χ1n) is 6.17. The third kappa shape index (κ3) is 3.07. The van der Waals surface area contributed by atoms with Gasteiger partial charge in [-0.1, -0.05) is 12.1 Å². The van der Waals surface area contributed by atoms with Crippen LogP contribution in [0, 0.1) is 17.1 Å². The Morgan fingerprint density at radius 1 is 1.20 bits per heavy atom. The summed E-state index contributed by atoms with van der Waals surface area (Å²) in [6.07, 6.45) is 0. The molecular formula is C16H15FN2O. The number of hydrogen-bond acceptors (Lipinski definition) is 3. The van der Waals surface area contributed by atoms with E-state index in [9.17, 15) is 4.39 Å². The summed E-state index contributed by atoms with van der Waals surface area (Å²) in [4.78, 5) is 1.80. The van der Waals surface area contributed by atoms with E-state index in [0.717, 1.165) is 11.3 Å². The zero-order chi connectivity index (χ0) is 14.5. The number of nitriles is 1. The van der Waals surface area contributed by atoms with Gasteiger partial charge >= 0.3 is 0 Å². The minimum atomic E-state index is -0.389. The van der Waals surface area contributed by atoms with Gasteiger partial charge < -0.3 is 9.64 Å². The Hall–Kier alpha value is -2.54. The maximum Gasteiger partial charge on any atom is 0.147 e. The normalized spacial score (nSPS) is 9.90. The second-order valence-electron chi connectivity index (χ2n) is 4.48. The molecule has 0 N–H and O–H groups in total. The van der Waals surface area contributed by atoms with Crippen LogP contribution >= 0.6 is 0 Å². The van der Waals surface area contributed by atoms with Crippen LogP contribution in [0.3, 0.4) is 0 Å². The standard InChI is InChI=1S/C16H15FN2O/c1-19(11-12-3-6-14(20-2)7-4-12)16-8-5-13(10-18)9-15(16)17/h3-9H,11H2,1-2H3. The second kappa shape index (κ2) is 6.07. The number of ether oxygens (including phenoxy) is 1. The first kappa shape index (κ1) is 13.9. The van der Waals surface area contributed by atoms with Gasteiger partial charge in [-0.25, -0.2) is 4.39 Å². The molecule has 0 aliphatic carbocycles. The summed E-state index contributed by atoms with van der Waals surface area (Å²) < 4.78 is 19.0. The molecule has 4 heteroatoms. The highest BCUT2D eigenvalue weighted by Gasteiger charge is 2.09. The van der Waals surface area contributed by atoms with Crippen LogP contribution in [0.2, 0.25) is 0 Å². The molecule has 0 fully saturated rings. The van der Waals surface area contributed by atoms with Crippen molar-refractivity contribution in [1.82, 2.24) is 0 Å². The third-order valence-electron chi connectivity index (χ3n) is 3.07. The van der Waals surface area contributed by atoms with Crippen molar-refractivity contribution < 1.29 is 9.13 Å². The van der Waals surface area contributed by atoms with Gasteiger partial charge in [0.05, 0.1) is 24.4 Å². The van der Waals surface area contributed by atoms with Crippen molar-refractivity contribution in [3.63, 3.8) is 0 Å². The zero-order valence-electron chi connectivity index (χ0n) is 11.4. The van der Waals surface area contributed by atoms with Crippen molar-refractivity contribution in [2.45, 2.75) is 6.54 Å². The Bertz CT molecular complexity index is 632. The van der Waals surface area contributed by atoms with E-state index in [0.29, 0.717) is 17.8 Å². The van der Waals surface area contributed by atoms with Crippen molar-refractivity contribution in [3.8, 4) is 11.8 Å². The van der Waals surface area contributed by atoms with E-state index in [2.05, 4.69) is 0 Å². The van der Waals surface area contributed by atoms with Crippen molar-refractivity contribution in [2.75, 3.05) is 19.1 Å². The Balaban J connectivity index is 2.15. The van der Waals surface area contributed by atoms with Crippen molar-refractivity contribution >= 4 is 5.69 Å². The topological polar surface area (TPSA) is 36.3 Å². The molecule has 3 nitrogen and oxygen atoms in total. The first-order valence-corrected chi connectivity index (χ1v) is 6.17. The molecular weight excluding hydrogens is 255 g/mol. The smallest absolute Gasteiger partial charge is 0.147 e. The SMILES string of the molecule is COc1ccc(CN(C)c2ccc(C#N)cc2F)cc1. The molecule has 2 aromatic rings. The van der Waals surface area contributed by atoms with Crippen LogP contribution in [-0.4, -0.2) is 14.2 Å². The molecule has 20 heavy (non-hydrogen) atoms. The van der Waals surface area contributed by atoms with Gasteiger partial charge in [0.1, 0.15) is 11.6 Å². The molecule has 0 unspecified atom stereocenters. The second-order valence-corrected chi connectivity index (χ2v) is 4.48. The van der Waals surface area contributed by atoms with Gasteiger partial charge in [-0.2, -0.15) is 5.26 Å². The number of anilines is 1. The van der Waals surface area contributed by atoms with E-state index in [1.165, 1.54) is 6.07 Å². The molecule has 0 saturated carbocycles. The lowest BCUT2D eigenvalue weighted by Crippen LogP contribution is -2.17. The maximum atomic E-state index is 13.9. The molecule has 0 amide bonds. The summed E-state index contributed by atoms with van der Waals surface area (Å²) in [5.41, 5.74) is 1.85. The van der Waals surface area contributed by atoms with Gasteiger partial charge in [-0.05, 0) is 35.9 Å². The van der Waals surface area contributed by atoms with Gasteiger partial charge in [0.2, 0.25) is 0 Å². The molecule has 0 aromatic heterocycles. The lowest BCUT2D eigenvalue weighted by atomic mass is 10.1. The van der Waals surface area contributed by atoms with Crippen LogP contribution in [-0.2, 0) is 6.54 Å². The highest BCUT2D eigenvalue weighted by Crippen LogP contribution is 2.21. The van der Waals surface area contributed by atoms with E-state index in [1.807, 2.05) is 37.4 Å². The summed E-state index contributed by atoms with van der Waals surface area (Å²) in [5, 5.41) is 8.73. The number of halogens is 1. The summed E-state index contributed by atoms with van der Waals surface area (Å²) in [6.45, 7) is 0.576. The Labute approximate surface area is 117 Å². The Kier molecular flexibility index (Phi) is 4.21. The molecule has 0 aliphatic heterocycles. The van der Waals surface area contributed by atoms with Crippen LogP contribution < -0.4 is 9.64 Å². The lowest BCUT2D eigenvalue weighted by molar-refractivity contribution is 0.414. The van der Waals surface area contributed by atoms with Gasteiger partial charge in [-0.3, -0.25) is 0 Å². The summed E-state index contributed by atoms with van der Waals surface area (Å²) in [5.74, 6) is 0.404. The fraction of sp³-hybridized carbons (Fsp3) is 0.188. The minimum Gasteiger partial charge on any atom is -0.497 e. The molecule has 0 aliphatic rings. The quantitative estimate of drug-likeness (QED) is 0.855. The summed E-state index contributed by atoms with van der Waals surface area (Å²) >= 11 is 0. The van der Waals surface area contributed by atoms with Crippen molar-refractivity contribution in [1.29, 1.82) is 5.26 Å². The molecule has 0 heterocycles. The van der Waals surface area contributed by atoms with Crippen LogP contribution in [0.15, 0.2) is 42.5 Å². The molecule has 0 spiro atoms. The van der Waals surface area contributed by atoms with E-state index < -0.39 is 0 Å². The molecule has 0 saturated heterocycles.